The van der Waals surface area contributed by atoms with E-state index in [0.717, 1.165) is 50.1 Å². The molecule has 176 valence electrons. The first-order chi connectivity index (χ1) is 15.0. The SMILES string of the molecule is COc1ccc2c3c1O[C@H]1[C@@]4(OC)CC[C@@]5(C[C@@H]4C(C)(O)C(C)(C)C)[C@@H](C2)N(C)CC[C@]315. The lowest BCUT2D eigenvalue weighted by atomic mass is 9.33. The molecule has 4 aliphatic carbocycles. The van der Waals surface area contributed by atoms with E-state index in [1.54, 1.807) is 7.11 Å². The van der Waals surface area contributed by atoms with E-state index < -0.39 is 11.2 Å². The standard InChI is InChI=1S/C27H39NO4/c1-23(2,3)24(4,29)18-15-25-10-11-27(18,31-7)22-26(25)12-13-28(5)19(25)14-16-8-9-17(30-6)21(32-22)20(16)26/h8-9,18-19,22,29H,10-15H2,1-7H3/t18-,19-,22-,24?,25-,26+,27-/m1/s1. The van der Waals surface area contributed by atoms with Gasteiger partial charge in [-0.05, 0) is 69.7 Å². The minimum absolute atomic E-state index is 0.00253. The summed E-state index contributed by atoms with van der Waals surface area (Å²) in [7, 11) is 5.89. The van der Waals surface area contributed by atoms with Gasteiger partial charge in [-0.2, -0.15) is 0 Å². The van der Waals surface area contributed by atoms with Crippen molar-refractivity contribution in [3.05, 3.63) is 23.3 Å². The first-order valence-corrected chi connectivity index (χ1v) is 12.3. The first kappa shape index (κ1) is 21.2. The lowest BCUT2D eigenvalue weighted by molar-refractivity contribution is -0.311. The second-order valence-electron chi connectivity index (χ2n) is 12.5. The van der Waals surface area contributed by atoms with Crippen molar-refractivity contribution in [3.63, 3.8) is 0 Å². The monoisotopic (exact) mass is 441 g/mol. The molecule has 5 nitrogen and oxygen atoms in total. The Morgan fingerprint density at radius 2 is 1.88 bits per heavy atom. The minimum Gasteiger partial charge on any atom is -0.493 e. The van der Waals surface area contributed by atoms with Crippen molar-refractivity contribution in [3.8, 4) is 11.5 Å². The average Bonchev–Trinajstić information content (AvgIpc) is 3.12. The molecule has 0 aromatic heterocycles. The lowest BCUT2D eigenvalue weighted by Gasteiger charge is -2.75. The molecule has 1 N–H and O–H groups in total. The van der Waals surface area contributed by atoms with Crippen molar-refractivity contribution in [1.29, 1.82) is 0 Å². The maximum atomic E-state index is 12.1. The second kappa shape index (κ2) is 6.03. The summed E-state index contributed by atoms with van der Waals surface area (Å²) in [5.74, 6) is 1.79. The zero-order chi connectivity index (χ0) is 22.9. The molecule has 6 aliphatic rings. The number of rotatable bonds is 3. The summed E-state index contributed by atoms with van der Waals surface area (Å²) in [4.78, 5) is 2.60. The van der Waals surface area contributed by atoms with Crippen molar-refractivity contribution in [2.24, 2.45) is 16.7 Å². The van der Waals surface area contributed by atoms with Gasteiger partial charge in [-0.1, -0.05) is 26.8 Å². The van der Waals surface area contributed by atoms with Crippen LogP contribution in [0.5, 0.6) is 11.5 Å². The summed E-state index contributed by atoms with van der Waals surface area (Å²) in [6, 6.07) is 4.82. The van der Waals surface area contributed by atoms with Gasteiger partial charge in [0.05, 0.1) is 12.7 Å². The highest BCUT2D eigenvalue weighted by Gasteiger charge is 2.82. The van der Waals surface area contributed by atoms with Crippen LogP contribution < -0.4 is 9.47 Å². The van der Waals surface area contributed by atoms with Crippen LogP contribution in [0.2, 0.25) is 0 Å². The number of likely N-dealkylation sites (tertiary alicyclic amines) is 1. The Morgan fingerprint density at radius 3 is 2.53 bits per heavy atom. The van der Waals surface area contributed by atoms with Gasteiger partial charge in [0.1, 0.15) is 11.7 Å². The normalized spacial score (nSPS) is 43.4. The van der Waals surface area contributed by atoms with Crippen LogP contribution in [-0.4, -0.2) is 61.2 Å². The average molecular weight is 442 g/mol. The molecule has 5 heteroatoms. The molecular weight excluding hydrogens is 402 g/mol. The van der Waals surface area contributed by atoms with Crippen LogP contribution in [0.15, 0.2) is 12.1 Å². The Balaban J connectivity index is 1.65. The maximum absolute atomic E-state index is 12.1. The van der Waals surface area contributed by atoms with E-state index >= 15 is 0 Å². The number of aliphatic hydroxyl groups is 1. The van der Waals surface area contributed by atoms with Crippen molar-refractivity contribution in [2.45, 2.75) is 88.6 Å². The van der Waals surface area contributed by atoms with Crippen LogP contribution in [0.25, 0.3) is 0 Å². The molecule has 2 spiro atoms. The van der Waals surface area contributed by atoms with E-state index in [2.05, 4.69) is 44.9 Å². The Bertz CT molecular complexity index is 983. The van der Waals surface area contributed by atoms with E-state index in [1.165, 1.54) is 11.1 Å². The van der Waals surface area contributed by atoms with Crippen molar-refractivity contribution < 1.29 is 19.3 Å². The van der Waals surface area contributed by atoms with E-state index in [-0.39, 0.29) is 28.3 Å². The third-order valence-electron chi connectivity index (χ3n) is 11.0. The van der Waals surface area contributed by atoms with Gasteiger partial charge in [0.25, 0.3) is 0 Å². The van der Waals surface area contributed by atoms with Gasteiger partial charge >= 0.3 is 0 Å². The minimum atomic E-state index is -0.882. The third kappa shape index (κ3) is 2.01. The van der Waals surface area contributed by atoms with Crippen LogP contribution in [0.3, 0.4) is 0 Å². The van der Waals surface area contributed by atoms with Gasteiger partial charge < -0.3 is 24.2 Å². The van der Waals surface area contributed by atoms with Gasteiger partial charge in [0, 0.05) is 35.5 Å². The number of piperidine rings is 1. The Morgan fingerprint density at radius 1 is 1.12 bits per heavy atom. The maximum Gasteiger partial charge on any atom is 0.165 e. The molecule has 1 unspecified atom stereocenters. The second-order valence-corrected chi connectivity index (χ2v) is 12.5. The zero-order valence-electron chi connectivity index (χ0n) is 20.7. The highest BCUT2D eigenvalue weighted by Crippen LogP contribution is 2.77. The fourth-order valence-electron chi connectivity index (χ4n) is 9.01. The van der Waals surface area contributed by atoms with Gasteiger partial charge in [0.2, 0.25) is 0 Å². The van der Waals surface area contributed by atoms with Crippen molar-refractivity contribution in [1.82, 2.24) is 4.90 Å². The summed E-state index contributed by atoms with van der Waals surface area (Å²) in [5, 5.41) is 12.1. The third-order valence-corrected chi connectivity index (χ3v) is 11.0. The van der Waals surface area contributed by atoms with Crippen LogP contribution in [0.1, 0.15) is 64.5 Å². The molecule has 1 saturated heterocycles. The number of methoxy groups -OCH3 is 2. The first-order valence-electron chi connectivity index (χ1n) is 12.3. The van der Waals surface area contributed by atoms with E-state index in [9.17, 15) is 5.11 Å². The molecule has 0 radical (unpaired) electrons. The molecule has 3 saturated carbocycles. The van der Waals surface area contributed by atoms with Crippen LogP contribution in [0.4, 0.5) is 0 Å². The fourth-order valence-corrected chi connectivity index (χ4v) is 9.01. The molecule has 32 heavy (non-hydrogen) atoms. The summed E-state index contributed by atoms with van der Waals surface area (Å²) in [5.41, 5.74) is 1.17. The topological polar surface area (TPSA) is 51.2 Å². The number of hydrogen-bond acceptors (Lipinski definition) is 5. The summed E-state index contributed by atoms with van der Waals surface area (Å²) < 4.78 is 19.4. The number of hydrogen-bond donors (Lipinski definition) is 1. The summed E-state index contributed by atoms with van der Waals surface area (Å²) >= 11 is 0. The Labute approximate surface area is 192 Å². The molecule has 1 aromatic carbocycles. The highest BCUT2D eigenvalue weighted by molar-refractivity contribution is 5.63. The van der Waals surface area contributed by atoms with E-state index in [0.29, 0.717) is 6.04 Å². The molecule has 7 atom stereocenters. The summed E-state index contributed by atoms with van der Waals surface area (Å²) in [6.07, 6.45) is 5.07. The van der Waals surface area contributed by atoms with Gasteiger partial charge in [-0.3, -0.25) is 0 Å². The molecule has 2 heterocycles. The lowest BCUT2D eigenvalue weighted by Crippen LogP contribution is -2.83. The fraction of sp³-hybridized carbons (Fsp3) is 0.778. The quantitative estimate of drug-likeness (QED) is 0.770. The highest BCUT2D eigenvalue weighted by atomic mass is 16.6. The molecule has 0 amide bonds. The van der Waals surface area contributed by atoms with E-state index in [1.807, 2.05) is 14.0 Å². The van der Waals surface area contributed by atoms with Crippen molar-refractivity contribution in [2.75, 3.05) is 27.8 Å². The van der Waals surface area contributed by atoms with Crippen LogP contribution >= 0.6 is 0 Å². The smallest absolute Gasteiger partial charge is 0.165 e. The zero-order valence-corrected chi connectivity index (χ0v) is 20.7. The van der Waals surface area contributed by atoms with Gasteiger partial charge in [-0.15, -0.1) is 0 Å². The molecule has 7 rings (SSSR count). The molecule has 1 aromatic rings. The molecular formula is C27H39NO4. The predicted octanol–water partition coefficient (Wildman–Crippen LogP) is 3.94. The predicted molar refractivity (Wildman–Crippen MR) is 123 cm³/mol. The van der Waals surface area contributed by atoms with Crippen LogP contribution in [-0.2, 0) is 16.6 Å². The van der Waals surface area contributed by atoms with Gasteiger partial charge in [-0.25, -0.2) is 0 Å². The van der Waals surface area contributed by atoms with Crippen LogP contribution in [0, 0.1) is 16.7 Å². The van der Waals surface area contributed by atoms with Crippen molar-refractivity contribution >= 4 is 0 Å². The number of nitrogens with zero attached hydrogens (tertiary/aromatic N) is 1. The number of fused-ring (bicyclic) bond motifs is 2. The Hall–Kier alpha value is -1.30. The van der Waals surface area contributed by atoms with E-state index in [4.69, 9.17) is 14.2 Å². The summed E-state index contributed by atoms with van der Waals surface area (Å²) in [6.45, 7) is 9.59. The van der Waals surface area contributed by atoms with Gasteiger partial charge in [0.15, 0.2) is 11.5 Å². The molecule has 4 bridgehead atoms. The number of benzene rings is 1. The molecule has 4 fully saturated rings. The largest absolute Gasteiger partial charge is 0.493 e. The number of likely N-dealkylation sites (N-methyl/N-ethyl adjacent to an activating group) is 1. The Kier molecular flexibility index (Phi) is 4.00. The molecule has 2 aliphatic heterocycles. The number of ether oxygens (including phenoxy) is 3.